The summed E-state index contributed by atoms with van der Waals surface area (Å²) in [5.41, 5.74) is 0. The molecule has 0 rings (SSSR count). The van der Waals surface area contributed by atoms with Crippen LogP contribution in [0.3, 0.4) is 0 Å². The molecule has 94 valence electrons. The van der Waals surface area contributed by atoms with Gasteiger partial charge in [-0.1, -0.05) is 38.8 Å². The summed E-state index contributed by atoms with van der Waals surface area (Å²) in [6, 6.07) is 0. The summed E-state index contributed by atoms with van der Waals surface area (Å²) in [6.45, 7) is 4.86. The molecule has 0 atom stereocenters. The largest absolute Gasteiger partial charge is 0.466 e. The standard InChI is InChI=1S/C14H26O2/c1-3-5-7-8-9-10-11-12-14(15)16-13-6-4-2/h7-8H,3-6,9-13H2,1-2H3. The van der Waals surface area contributed by atoms with Crippen molar-refractivity contribution in [3.63, 3.8) is 0 Å². The van der Waals surface area contributed by atoms with Crippen molar-refractivity contribution in [2.45, 2.75) is 65.2 Å². The van der Waals surface area contributed by atoms with Crippen LogP contribution in [0.15, 0.2) is 12.2 Å². The highest BCUT2D eigenvalue weighted by molar-refractivity contribution is 5.69. The fraction of sp³-hybridized carbons (Fsp3) is 0.786. The molecule has 2 nitrogen and oxygen atoms in total. The third-order valence-electron chi connectivity index (χ3n) is 2.38. The van der Waals surface area contributed by atoms with Gasteiger partial charge in [-0.2, -0.15) is 0 Å². The smallest absolute Gasteiger partial charge is 0.305 e. The Morgan fingerprint density at radius 1 is 1.00 bits per heavy atom. The van der Waals surface area contributed by atoms with Crippen molar-refractivity contribution in [3.8, 4) is 0 Å². The number of allylic oxidation sites excluding steroid dienone is 2. The van der Waals surface area contributed by atoms with Crippen LogP contribution < -0.4 is 0 Å². The van der Waals surface area contributed by atoms with E-state index in [0.29, 0.717) is 13.0 Å². The van der Waals surface area contributed by atoms with E-state index in [1.54, 1.807) is 0 Å². The van der Waals surface area contributed by atoms with E-state index in [-0.39, 0.29) is 5.97 Å². The van der Waals surface area contributed by atoms with E-state index in [9.17, 15) is 4.79 Å². The van der Waals surface area contributed by atoms with Gasteiger partial charge in [0.05, 0.1) is 6.61 Å². The molecule has 0 fully saturated rings. The number of hydrogen-bond donors (Lipinski definition) is 0. The Balaban J connectivity index is 3.21. The van der Waals surface area contributed by atoms with Gasteiger partial charge in [-0.15, -0.1) is 0 Å². The van der Waals surface area contributed by atoms with Crippen LogP contribution in [-0.4, -0.2) is 12.6 Å². The number of carbonyl (C=O) groups is 1. The number of unbranched alkanes of at least 4 members (excludes halogenated alkanes) is 4. The van der Waals surface area contributed by atoms with Crippen molar-refractivity contribution in [1.82, 2.24) is 0 Å². The number of ether oxygens (including phenoxy) is 1. The van der Waals surface area contributed by atoms with E-state index in [1.165, 1.54) is 12.8 Å². The van der Waals surface area contributed by atoms with Gasteiger partial charge in [0, 0.05) is 6.42 Å². The van der Waals surface area contributed by atoms with Gasteiger partial charge in [0.2, 0.25) is 0 Å². The topological polar surface area (TPSA) is 26.3 Å². The van der Waals surface area contributed by atoms with Gasteiger partial charge in [-0.05, 0) is 32.1 Å². The summed E-state index contributed by atoms with van der Waals surface area (Å²) in [5.74, 6) is -0.0361. The summed E-state index contributed by atoms with van der Waals surface area (Å²) in [4.78, 5) is 11.2. The van der Waals surface area contributed by atoms with Crippen LogP contribution in [0.5, 0.6) is 0 Å². The molecule has 0 spiro atoms. The molecule has 0 aliphatic heterocycles. The lowest BCUT2D eigenvalue weighted by molar-refractivity contribution is -0.143. The van der Waals surface area contributed by atoms with Crippen LogP contribution in [0.25, 0.3) is 0 Å². The van der Waals surface area contributed by atoms with Crippen LogP contribution in [-0.2, 0) is 9.53 Å². The molecule has 0 unspecified atom stereocenters. The van der Waals surface area contributed by atoms with Crippen LogP contribution in [0, 0.1) is 0 Å². The summed E-state index contributed by atoms with van der Waals surface area (Å²) in [6.07, 6.45) is 12.6. The average Bonchev–Trinajstić information content (AvgIpc) is 2.28. The summed E-state index contributed by atoms with van der Waals surface area (Å²) >= 11 is 0. The zero-order chi connectivity index (χ0) is 12.1. The van der Waals surface area contributed by atoms with Crippen molar-refractivity contribution in [3.05, 3.63) is 12.2 Å². The Hall–Kier alpha value is -0.790. The summed E-state index contributed by atoms with van der Waals surface area (Å²) < 4.78 is 5.07. The van der Waals surface area contributed by atoms with Gasteiger partial charge in [-0.3, -0.25) is 4.79 Å². The number of rotatable bonds is 10. The fourth-order valence-corrected chi connectivity index (χ4v) is 1.34. The lowest BCUT2D eigenvalue weighted by atomic mass is 10.2. The second-order valence-electron chi connectivity index (χ2n) is 4.08. The highest BCUT2D eigenvalue weighted by atomic mass is 16.5. The normalized spacial score (nSPS) is 10.9. The lowest BCUT2D eigenvalue weighted by Gasteiger charge is -2.02. The molecule has 0 radical (unpaired) electrons. The zero-order valence-corrected chi connectivity index (χ0v) is 10.8. The maximum absolute atomic E-state index is 11.2. The minimum atomic E-state index is -0.0361. The summed E-state index contributed by atoms with van der Waals surface area (Å²) in [5, 5.41) is 0. The van der Waals surface area contributed by atoms with Crippen molar-refractivity contribution in [2.24, 2.45) is 0 Å². The molecule has 0 amide bonds. The predicted octanol–water partition coefficient (Wildman–Crippen LogP) is 4.25. The van der Waals surface area contributed by atoms with E-state index in [2.05, 4.69) is 26.0 Å². The van der Waals surface area contributed by atoms with E-state index in [0.717, 1.165) is 32.1 Å². The Bertz CT molecular complexity index is 185. The molecule has 0 bridgehead atoms. The van der Waals surface area contributed by atoms with E-state index in [1.807, 2.05) is 0 Å². The van der Waals surface area contributed by atoms with Crippen LogP contribution in [0.1, 0.15) is 65.2 Å². The SMILES string of the molecule is CCCC=CCCCCC(=O)OCCCC. The first-order valence-electron chi connectivity index (χ1n) is 6.61. The van der Waals surface area contributed by atoms with Crippen molar-refractivity contribution < 1.29 is 9.53 Å². The molecular formula is C14H26O2. The first-order valence-corrected chi connectivity index (χ1v) is 6.61. The van der Waals surface area contributed by atoms with Gasteiger partial charge >= 0.3 is 5.97 Å². The second-order valence-corrected chi connectivity index (χ2v) is 4.08. The Morgan fingerprint density at radius 2 is 1.75 bits per heavy atom. The maximum Gasteiger partial charge on any atom is 0.305 e. The third kappa shape index (κ3) is 11.3. The van der Waals surface area contributed by atoms with Gasteiger partial charge in [0.15, 0.2) is 0 Å². The van der Waals surface area contributed by atoms with Crippen LogP contribution >= 0.6 is 0 Å². The quantitative estimate of drug-likeness (QED) is 0.316. The van der Waals surface area contributed by atoms with E-state index in [4.69, 9.17) is 4.74 Å². The molecule has 0 saturated carbocycles. The molecule has 2 heteroatoms. The van der Waals surface area contributed by atoms with Gasteiger partial charge in [-0.25, -0.2) is 0 Å². The zero-order valence-electron chi connectivity index (χ0n) is 10.8. The third-order valence-corrected chi connectivity index (χ3v) is 2.38. The first kappa shape index (κ1) is 15.2. The average molecular weight is 226 g/mol. The predicted molar refractivity (Wildman–Crippen MR) is 68.4 cm³/mol. The molecule has 0 saturated heterocycles. The Kier molecular flexibility index (Phi) is 11.7. The van der Waals surface area contributed by atoms with E-state index >= 15 is 0 Å². The molecule has 0 aromatic carbocycles. The number of hydrogen-bond acceptors (Lipinski definition) is 2. The molecule has 0 aliphatic carbocycles. The Labute approximate surface area is 100 Å². The van der Waals surface area contributed by atoms with Gasteiger partial charge < -0.3 is 4.74 Å². The van der Waals surface area contributed by atoms with Gasteiger partial charge in [0.1, 0.15) is 0 Å². The molecule has 0 aromatic heterocycles. The highest BCUT2D eigenvalue weighted by Crippen LogP contribution is 2.03. The second kappa shape index (κ2) is 12.3. The maximum atomic E-state index is 11.2. The first-order chi connectivity index (χ1) is 7.81. The number of esters is 1. The van der Waals surface area contributed by atoms with Gasteiger partial charge in [0.25, 0.3) is 0 Å². The molecule has 0 aliphatic rings. The highest BCUT2D eigenvalue weighted by Gasteiger charge is 2.00. The number of carbonyl (C=O) groups excluding carboxylic acids is 1. The minimum absolute atomic E-state index is 0.0361. The van der Waals surface area contributed by atoms with Crippen molar-refractivity contribution in [2.75, 3.05) is 6.61 Å². The van der Waals surface area contributed by atoms with Crippen molar-refractivity contribution >= 4 is 5.97 Å². The molecule has 0 aromatic rings. The Morgan fingerprint density at radius 3 is 2.44 bits per heavy atom. The molecule has 0 heterocycles. The van der Waals surface area contributed by atoms with Crippen molar-refractivity contribution in [1.29, 1.82) is 0 Å². The fourth-order valence-electron chi connectivity index (χ4n) is 1.34. The minimum Gasteiger partial charge on any atom is -0.466 e. The molecule has 16 heavy (non-hydrogen) atoms. The molecule has 0 N–H and O–H groups in total. The summed E-state index contributed by atoms with van der Waals surface area (Å²) in [7, 11) is 0. The van der Waals surface area contributed by atoms with E-state index < -0.39 is 0 Å². The molecular weight excluding hydrogens is 200 g/mol. The monoisotopic (exact) mass is 226 g/mol. The van der Waals surface area contributed by atoms with Crippen LogP contribution in [0.2, 0.25) is 0 Å². The van der Waals surface area contributed by atoms with Crippen LogP contribution in [0.4, 0.5) is 0 Å². The lowest BCUT2D eigenvalue weighted by Crippen LogP contribution is -2.05.